The number of urea groups is 1. The zero-order valence-corrected chi connectivity index (χ0v) is 16.5. The first-order valence-corrected chi connectivity index (χ1v) is 9.61. The van der Waals surface area contributed by atoms with E-state index in [0.29, 0.717) is 17.3 Å². The van der Waals surface area contributed by atoms with Crippen molar-refractivity contribution < 1.29 is 9.72 Å². The number of carbonyl (C=O) groups is 1. The monoisotopic (exact) mass is 420 g/mol. The number of benzene rings is 3. The van der Waals surface area contributed by atoms with Crippen molar-refractivity contribution in [2.45, 2.75) is 5.92 Å². The van der Waals surface area contributed by atoms with Gasteiger partial charge in [0.25, 0.3) is 5.69 Å². The maximum absolute atomic E-state index is 12.8. The van der Waals surface area contributed by atoms with E-state index in [2.05, 4.69) is 10.4 Å². The highest BCUT2D eigenvalue weighted by atomic mass is 35.5. The number of carbonyl (C=O) groups excluding carboxylic acids is 1. The molecule has 0 bridgehead atoms. The van der Waals surface area contributed by atoms with Crippen LogP contribution in [0.5, 0.6) is 0 Å². The summed E-state index contributed by atoms with van der Waals surface area (Å²) in [6.07, 6.45) is 0. The molecular formula is C22H17ClN4O3. The third kappa shape index (κ3) is 4.16. The van der Waals surface area contributed by atoms with Crippen molar-refractivity contribution in [1.29, 1.82) is 0 Å². The number of hydrogen-bond acceptors (Lipinski definition) is 4. The summed E-state index contributed by atoms with van der Waals surface area (Å²) >= 11 is 6.02. The van der Waals surface area contributed by atoms with E-state index >= 15 is 0 Å². The number of anilines is 1. The molecule has 1 unspecified atom stereocenters. The van der Waals surface area contributed by atoms with Gasteiger partial charge < -0.3 is 5.32 Å². The average Bonchev–Trinajstić information content (AvgIpc) is 3.21. The largest absolute Gasteiger partial charge is 0.342 e. The Hall–Kier alpha value is -3.71. The number of non-ortho nitro benzene ring substituents is 1. The minimum absolute atomic E-state index is 0.0404. The van der Waals surface area contributed by atoms with Gasteiger partial charge in [0.05, 0.1) is 17.2 Å². The van der Waals surface area contributed by atoms with Crippen molar-refractivity contribution in [3.8, 4) is 0 Å². The van der Waals surface area contributed by atoms with Gasteiger partial charge >= 0.3 is 6.03 Å². The quantitative estimate of drug-likeness (QED) is 0.459. The van der Waals surface area contributed by atoms with Crippen LogP contribution in [0.15, 0.2) is 84.0 Å². The van der Waals surface area contributed by atoms with Gasteiger partial charge in [-0.05, 0) is 35.4 Å². The number of hydrazone groups is 1. The minimum Gasteiger partial charge on any atom is -0.306 e. The number of rotatable bonds is 4. The first-order chi connectivity index (χ1) is 14.5. The van der Waals surface area contributed by atoms with Crippen LogP contribution < -0.4 is 5.32 Å². The van der Waals surface area contributed by atoms with E-state index in [1.165, 1.54) is 29.3 Å². The molecule has 1 N–H and O–H groups in total. The molecule has 1 heterocycles. The van der Waals surface area contributed by atoms with E-state index in [9.17, 15) is 14.9 Å². The van der Waals surface area contributed by atoms with Crippen molar-refractivity contribution >= 4 is 34.7 Å². The molecule has 1 aliphatic rings. The number of amides is 2. The van der Waals surface area contributed by atoms with Crippen LogP contribution in [0.1, 0.15) is 17.0 Å². The van der Waals surface area contributed by atoms with Crippen LogP contribution in [0.4, 0.5) is 16.2 Å². The molecule has 4 rings (SSSR count). The Kier molecular flexibility index (Phi) is 5.45. The zero-order chi connectivity index (χ0) is 21.1. The second-order valence-corrected chi connectivity index (χ2v) is 7.21. The molecule has 2 amide bonds. The Morgan fingerprint density at radius 1 is 1.03 bits per heavy atom. The molecule has 0 aromatic heterocycles. The Labute approximate surface area is 177 Å². The minimum atomic E-state index is -0.487. The van der Waals surface area contributed by atoms with E-state index in [4.69, 9.17) is 11.6 Å². The fourth-order valence-electron chi connectivity index (χ4n) is 3.31. The van der Waals surface area contributed by atoms with Crippen LogP contribution >= 0.6 is 11.6 Å². The summed E-state index contributed by atoms with van der Waals surface area (Å²) in [7, 11) is 0. The maximum atomic E-state index is 12.8. The lowest BCUT2D eigenvalue weighted by molar-refractivity contribution is -0.384. The van der Waals surface area contributed by atoms with E-state index in [0.717, 1.165) is 16.8 Å². The molecule has 0 saturated heterocycles. The second kappa shape index (κ2) is 8.34. The molecule has 0 radical (unpaired) electrons. The van der Waals surface area contributed by atoms with Gasteiger partial charge in [-0.25, -0.2) is 9.80 Å². The Morgan fingerprint density at radius 2 is 1.70 bits per heavy atom. The summed E-state index contributed by atoms with van der Waals surface area (Å²) in [6.45, 7) is 0.376. The van der Waals surface area contributed by atoms with Gasteiger partial charge in [-0.3, -0.25) is 10.1 Å². The third-order valence-corrected chi connectivity index (χ3v) is 5.07. The third-order valence-electron chi connectivity index (χ3n) is 4.82. The van der Waals surface area contributed by atoms with E-state index in [1.807, 2.05) is 42.5 Å². The molecule has 3 aromatic carbocycles. The molecule has 0 aliphatic carbocycles. The SMILES string of the molecule is O=C(Nc1ccc([N+](=O)[O-])cc1)N1CC(c2ccccc2)C(c2ccc(Cl)cc2)=N1. The van der Waals surface area contributed by atoms with Gasteiger partial charge in [0.2, 0.25) is 0 Å². The van der Waals surface area contributed by atoms with Crippen molar-refractivity contribution in [1.82, 2.24) is 5.01 Å². The lowest BCUT2D eigenvalue weighted by Gasteiger charge is -2.16. The Bertz CT molecular complexity index is 1100. The highest BCUT2D eigenvalue weighted by Crippen LogP contribution is 2.29. The summed E-state index contributed by atoms with van der Waals surface area (Å²) in [5, 5.41) is 20.1. The average molecular weight is 421 g/mol. The van der Waals surface area contributed by atoms with Gasteiger partial charge in [0, 0.05) is 28.8 Å². The van der Waals surface area contributed by atoms with E-state index in [-0.39, 0.29) is 11.6 Å². The fourth-order valence-corrected chi connectivity index (χ4v) is 3.44. The van der Waals surface area contributed by atoms with Crippen LogP contribution in [0.2, 0.25) is 5.02 Å². The molecule has 7 nitrogen and oxygen atoms in total. The summed E-state index contributed by atoms with van der Waals surface area (Å²) in [5.74, 6) is -0.0880. The lowest BCUT2D eigenvalue weighted by Crippen LogP contribution is -2.30. The van der Waals surface area contributed by atoms with Crippen LogP contribution in [-0.4, -0.2) is 28.2 Å². The molecule has 150 valence electrons. The predicted molar refractivity (Wildman–Crippen MR) is 116 cm³/mol. The number of nitrogens with zero attached hydrogens (tertiary/aromatic N) is 3. The van der Waals surface area contributed by atoms with Crippen LogP contribution in [0, 0.1) is 10.1 Å². The van der Waals surface area contributed by atoms with E-state index < -0.39 is 11.0 Å². The molecule has 0 saturated carbocycles. The molecule has 30 heavy (non-hydrogen) atoms. The Balaban J connectivity index is 1.59. The number of nitrogens with one attached hydrogen (secondary N) is 1. The smallest absolute Gasteiger partial charge is 0.306 e. The van der Waals surface area contributed by atoms with Gasteiger partial charge in [0.15, 0.2) is 0 Å². The summed E-state index contributed by atoms with van der Waals surface area (Å²) < 4.78 is 0. The van der Waals surface area contributed by atoms with Crippen LogP contribution in [0.25, 0.3) is 0 Å². The van der Waals surface area contributed by atoms with Gasteiger partial charge in [0.1, 0.15) is 0 Å². The molecule has 8 heteroatoms. The van der Waals surface area contributed by atoms with Gasteiger partial charge in [-0.1, -0.05) is 54.1 Å². The molecule has 3 aromatic rings. The zero-order valence-electron chi connectivity index (χ0n) is 15.7. The van der Waals surface area contributed by atoms with Crippen LogP contribution in [0.3, 0.4) is 0 Å². The van der Waals surface area contributed by atoms with Crippen LogP contribution in [-0.2, 0) is 0 Å². The van der Waals surface area contributed by atoms with Gasteiger partial charge in [-0.15, -0.1) is 0 Å². The molecule has 0 fully saturated rings. The van der Waals surface area contributed by atoms with Crippen molar-refractivity contribution in [3.05, 3.63) is 105 Å². The number of hydrogen-bond donors (Lipinski definition) is 1. The topological polar surface area (TPSA) is 87.8 Å². The van der Waals surface area contributed by atoms with Crippen molar-refractivity contribution in [2.24, 2.45) is 5.10 Å². The molecular weight excluding hydrogens is 404 g/mol. The normalized spacial score (nSPS) is 15.6. The first-order valence-electron chi connectivity index (χ1n) is 9.23. The van der Waals surface area contributed by atoms with Crippen molar-refractivity contribution in [2.75, 3.05) is 11.9 Å². The molecule has 0 spiro atoms. The van der Waals surface area contributed by atoms with Crippen molar-refractivity contribution in [3.63, 3.8) is 0 Å². The molecule has 1 atom stereocenters. The summed E-state index contributed by atoms with van der Waals surface area (Å²) in [5.41, 5.74) is 3.13. The van der Waals surface area contributed by atoms with E-state index in [1.54, 1.807) is 12.1 Å². The highest BCUT2D eigenvalue weighted by Gasteiger charge is 2.32. The number of halogens is 1. The Morgan fingerprint density at radius 3 is 2.33 bits per heavy atom. The molecule has 1 aliphatic heterocycles. The summed E-state index contributed by atoms with van der Waals surface area (Å²) in [6, 6.07) is 22.5. The first kappa shape index (κ1) is 19.6. The standard InChI is InChI=1S/C22H17ClN4O3/c23-17-8-6-16(7-9-17)21-20(15-4-2-1-3-5-15)14-26(25-21)22(28)24-18-10-12-19(13-11-18)27(29)30/h1-13,20H,14H2,(H,24,28). The fraction of sp³-hybridized carbons (Fsp3) is 0.0909. The number of nitro benzene ring substituents is 1. The summed E-state index contributed by atoms with van der Waals surface area (Å²) in [4.78, 5) is 23.1. The predicted octanol–water partition coefficient (Wildman–Crippen LogP) is 5.28. The number of nitro groups is 1. The maximum Gasteiger partial charge on any atom is 0.342 e. The lowest BCUT2D eigenvalue weighted by atomic mass is 9.91. The highest BCUT2D eigenvalue weighted by molar-refractivity contribution is 6.30. The second-order valence-electron chi connectivity index (χ2n) is 6.77. The van der Waals surface area contributed by atoms with Gasteiger partial charge in [-0.2, -0.15) is 5.10 Å².